The predicted molar refractivity (Wildman–Crippen MR) is 102 cm³/mol. The van der Waals surface area contributed by atoms with E-state index < -0.39 is 0 Å². The third-order valence-corrected chi connectivity index (χ3v) is 4.31. The van der Waals surface area contributed by atoms with E-state index in [1.54, 1.807) is 6.07 Å². The topological polar surface area (TPSA) is 55.1 Å². The first-order chi connectivity index (χ1) is 12.7. The SMILES string of the molecule is Cc1cccc(CNC(=O)c2cc(-c3ccc4ccccc4c3)on2)c1. The number of benzene rings is 3. The second-order valence-electron chi connectivity index (χ2n) is 6.31. The molecule has 0 unspecified atom stereocenters. The first-order valence-electron chi connectivity index (χ1n) is 8.49. The minimum atomic E-state index is -0.248. The fraction of sp³-hybridized carbons (Fsp3) is 0.0909. The van der Waals surface area contributed by atoms with Gasteiger partial charge in [0.05, 0.1) is 0 Å². The zero-order valence-corrected chi connectivity index (χ0v) is 14.4. The third kappa shape index (κ3) is 3.35. The summed E-state index contributed by atoms with van der Waals surface area (Å²) < 4.78 is 5.38. The molecule has 0 saturated carbocycles. The maximum absolute atomic E-state index is 12.3. The molecule has 0 atom stereocenters. The molecule has 0 aliphatic rings. The van der Waals surface area contributed by atoms with Crippen LogP contribution in [0.3, 0.4) is 0 Å². The quantitative estimate of drug-likeness (QED) is 0.583. The fourth-order valence-corrected chi connectivity index (χ4v) is 2.96. The third-order valence-electron chi connectivity index (χ3n) is 4.31. The van der Waals surface area contributed by atoms with E-state index in [2.05, 4.69) is 16.5 Å². The summed E-state index contributed by atoms with van der Waals surface area (Å²) in [5, 5.41) is 9.07. The molecule has 3 aromatic carbocycles. The van der Waals surface area contributed by atoms with Gasteiger partial charge in [-0.1, -0.05) is 71.4 Å². The van der Waals surface area contributed by atoms with Gasteiger partial charge in [0.25, 0.3) is 5.91 Å². The summed E-state index contributed by atoms with van der Waals surface area (Å²) in [6.07, 6.45) is 0. The molecular weight excluding hydrogens is 324 g/mol. The van der Waals surface area contributed by atoms with Crippen LogP contribution in [0.1, 0.15) is 21.6 Å². The molecule has 0 bridgehead atoms. The van der Waals surface area contributed by atoms with Crippen molar-refractivity contribution in [2.45, 2.75) is 13.5 Å². The van der Waals surface area contributed by atoms with Crippen molar-refractivity contribution < 1.29 is 9.32 Å². The highest BCUT2D eigenvalue weighted by Gasteiger charge is 2.13. The fourth-order valence-electron chi connectivity index (χ4n) is 2.96. The molecular formula is C22H18N2O2. The highest BCUT2D eigenvalue weighted by atomic mass is 16.5. The molecule has 0 aliphatic carbocycles. The van der Waals surface area contributed by atoms with Crippen LogP contribution < -0.4 is 5.32 Å². The van der Waals surface area contributed by atoms with Crippen LogP contribution in [0.25, 0.3) is 22.1 Å². The lowest BCUT2D eigenvalue weighted by atomic mass is 10.1. The van der Waals surface area contributed by atoms with Crippen molar-refractivity contribution in [1.82, 2.24) is 10.5 Å². The molecule has 0 saturated heterocycles. The van der Waals surface area contributed by atoms with E-state index in [9.17, 15) is 4.79 Å². The number of nitrogens with one attached hydrogen (secondary N) is 1. The van der Waals surface area contributed by atoms with Gasteiger partial charge in [-0.05, 0) is 29.3 Å². The summed E-state index contributed by atoms with van der Waals surface area (Å²) >= 11 is 0. The van der Waals surface area contributed by atoms with Crippen LogP contribution >= 0.6 is 0 Å². The van der Waals surface area contributed by atoms with E-state index in [1.807, 2.05) is 67.6 Å². The molecule has 4 heteroatoms. The first kappa shape index (κ1) is 16.1. The summed E-state index contributed by atoms with van der Waals surface area (Å²) in [6, 6.07) is 23.9. The van der Waals surface area contributed by atoms with Gasteiger partial charge in [-0.15, -0.1) is 0 Å². The van der Waals surface area contributed by atoms with Gasteiger partial charge in [0.2, 0.25) is 0 Å². The normalized spacial score (nSPS) is 10.8. The number of fused-ring (bicyclic) bond motifs is 1. The van der Waals surface area contributed by atoms with Gasteiger partial charge >= 0.3 is 0 Å². The summed E-state index contributed by atoms with van der Waals surface area (Å²) in [4.78, 5) is 12.3. The number of amides is 1. The largest absolute Gasteiger partial charge is 0.355 e. The number of nitrogens with zero attached hydrogens (tertiary/aromatic N) is 1. The standard InChI is InChI=1S/C22H18N2O2/c1-15-5-4-6-16(11-15)14-23-22(25)20-13-21(26-24-20)19-10-9-17-7-2-3-8-18(17)12-19/h2-13H,14H2,1H3,(H,23,25). The van der Waals surface area contributed by atoms with Gasteiger partial charge in [-0.3, -0.25) is 4.79 Å². The monoisotopic (exact) mass is 342 g/mol. The molecule has 1 N–H and O–H groups in total. The Morgan fingerprint density at radius 1 is 0.962 bits per heavy atom. The van der Waals surface area contributed by atoms with Crippen molar-refractivity contribution in [3.63, 3.8) is 0 Å². The average molecular weight is 342 g/mol. The molecule has 128 valence electrons. The molecule has 0 spiro atoms. The minimum Gasteiger partial charge on any atom is -0.355 e. The summed E-state index contributed by atoms with van der Waals surface area (Å²) in [6.45, 7) is 2.48. The van der Waals surface area contributed by atoms with Gasteiger partial charge < -0.3 is 9.84 Å². The summed E-state index contributed by atoms with van der Waals surface area (Å²) in [5.74, 6) is 0.332. The van der Waals surface area contributed by atoms with Crippen LogP contribution in [0.5, 0.6) is 0 Å². The Balaban J connectivity index is 1.50. The van der Waals surface area contributed by atoms with E-state index in [0.29, 0.717) is 12.3 Å². The van der Waals surface area contributed by atoms with Crippen molar-refractivity contribution in [3.8, 4) is 11.3 Å². The van der Waals surface area contributed by atoms with Gasteiger partial charge in [-0.25, -0.2) is 0 Å². The summed E-state index contributed by atoms with van der Waals surface area (Å²) in [7, 11) is 0. The van der Waals surface area contributed by atoms with Crippen LogP contribution in [0, 0.1) is 6.92 Å². The van der Waals surface area contributed by atoms with E-state index in [0.717, 1.165) is 27.5 Å². The van der Waals surface area contributed by atoms with E-state index in [1.165, 1.54) is 0 Å². The van der Waals surface area contributed by atoms with Crippen LogP contribution in [0.4, 0.5) is 0 Å². The van der Waals surface area contributed by atoms with Crippen molar-refractivity contribution in [2.75, 3.05) is 0 Å². The Morgan fingerprint density at radius 2 is 1.81 bits per heavy atom. The lowest BCUT2D eigenvalue weighted by Crippen LogP contribution is -2.23. The Bertz CT molecular complexity index is 1080. The van der Waals surface area contributed by atoms with Crippen molar-refractivity contribution in [2.24, 2.45) is 0 Å². The van der Waals surface area contributed by atoms with E-state index in [4.69, 9.17) is 4.52 Å². The van der Waals surface area contributed by atoms with E-state index in [-0.39, 0.29) is 11.6 Å². The molecule has 4 aromatic rings. The first-order valence-corrected chi connectivity index (χ1v) is 8.49. The second-order valence-corrected chi connectivity index (χ2v) is 6.31. The summed E-state index contributed by atoms with van der Waals surface area (Å²) in [5.41, 5.74) is 3.39. The maximum atomic E-state index is 12.3. The molecule has 4 rings (SSSR count). The second kappa shape index (κ2) is 6.84. The number of aryl methyl sites for hydroxylation is 1. The number of aromatic nitrogens is 1. The van der Waals surface area contributed by atoms with Crippen LogP contribution in [-0.4, -0.2) is 11.1 Å². The van der Waals surface area contributed by atoms with E-state index >= 15 is 0 Å². The van der Waals surface area contributed by atoms with Gasteiger partial charge in [0, 0.05) is 18.2 Å². The number of hydrogen-bond acceptors (Lipinski definition) is 3. The highest BCUT2D eigenvalue weighted by Crippen LogP contribution is 2.25. The molecule has 1 heterocycles. The predicted octanol–water partition coefficient (Wildman–Crippen LogP) is 4.73. The number of carbonyl (C=O) groups is 1. The Kier molecular flexibility index (Phi) is 4.23. The Hall–Kier alpha value is -3.40. The van der Waals surface area contributed by atoms with Gasteiger partial charge in [0.15, 0.2) is 11.5 Å². The Morgan fingerprint density at radius 3 is 2.65 bits per heavy atom. The van der Waals surface area contributed by atoms with Crippen LogP contribution in [0.2, 0.25) is 0 Å². The zero-order chi connectivity index (χ0) is 17.9. The smallest absolute Gasteiger partial charge is 0.273 e. The molecule has 1 aromatic heterocycles. The number of carbonyl (C=O) groups excluding carboxylic acids is 1. The number of rotatable bonds is 4. The van der Waals surface area contributed by atoms with Crippen molar-refractivity contribution in [1.29, 1.82) is 0 Å². The van der Waals surface area contributed by atoms with Crippen molar-refractivity contribution in [3.05, 3.63) is 89.6 Å². The Labute approximate surface area is 151 Å². The van der Waals surface area contributed by atoms with Crippen LogP contribution in [0.15, 0.2) is 77.3 Å². The van der Waals surface area contributed by atoms with Gasteiger partial charge in [0.1, 0.15) is 0 Å². The number of hydrogen-bond donors (Lipinski definition) is 1. The van der Waals surface area contributed by atoms with Crippen molar-refractivity contribution >= 4 is 16.7 Å². The molecule has 0 fully saturated rings. The molecule has 1 amide bonds. The molecule has 4 nitrogen and oxygen atoms in total. The highest BCUT2D eigenvalue weighted by molar-refractivity contribution is 5.93. The lowest BCUT2D eigenvalue weighted by Gasteiger charge is -2.03. The lowest BCUT2D eigenvalue weighted by molar-refractivity contribution is 0.0942. The molecule has 0 aliphatic heterocycles. The zero-order valence-electron chi connectivity index (χ0n) is 14.4. The molecule has 0 radical (unpaired) electrons. The molecule has 26 heavy (non-hydrogen) atoms. The maximum Gasteiger partial charge on any atom is 0.273 e. The van der Waals surface area contributed by atoms with Gasteiger partial charge in [-0.2, -0.15) is 0 Å². The average Bonchev–Trinajstić information content (AvgIpc) is 3.16. The van der Waals surface area contributed by atoms with Crippen LogP contribution in [-0.2, 0) is 6.54 Å². The minimum absolute atomic E-state index is 0.248.